The van der Waals surface area contributed by atoms with Crippen LogP contribution in [0.25, 0.3) is 0 Å². The average molecular weight is 491 g/mol. The number of non-ortho nitro benzene ring substituents is 1. The second-order valence-electron chi connectivity index (χ2n) is 7.36. The Morgan fingerprint density at radius 1 is 1.00 bits per heavy atom. The van der Waals surface area contributed by atoms with Gasteiger partial charge in [0.15, 0.2) is 5.11 Å². The van der Waals surface area contributed by atoms with E-state index in [9.17, 15) is 10.1 Å². The van der Waals surface area contributed by atoms with E-state index in [1.165, 1.54) is 17.0 Å². The van der Waals surface area contributed by atoms with Crippen LogP contribution >= 0.6 is 35.3 Å². The Morgan fingerprint density at radius 2 is 1.73 bits per heavy atom. The molecule has 2 aromatic heterocycles. The third-order valence-corrected chi connectivity index (χ3v) is 7.60. The van der Waals surface area contributed by atoms with Gasteiger partial charge in [0.05, 0.1) is 22.7 Å². The fourth-order valence-electron chi connectivity index (χ4n) is 3.83. The Hall–Kier alpha value is -3.27. The highest BCUT2D eigenvalue weighted by Crippen LogP contribution is 2.43. The number of pyridine rings is 1. The second kappa shape index (κ2) is 9.30. The third-order valence-electron chi connectivity index (χ3n) is 5.33. The van der Waals surface area contributed by atoms with E-state index in [-0.39, 0.29) is 17.8 Å². The van der Waals surface area contributed by atoms with Crippen LogP contribution < -0.4 is 10.2 Å². The zero-order valence-corrected chi connectivity index (χ0v) is 19.6. The number of nitrogens with zero attached hydrogens (tertiary/aromatic N) is 3. The van der Waals surface area contributed by atoms with E-state index in [4.69, 9.17) is 12.2 Å². The van der Waals surface area contributed by atoms with Crippen molar-refractivity contribution in [3.05, 3.63) is 111 Å². The average Bonchev–Trinajstić information content (AvgIpc) is 3.48. The van der Waals surface area contributed by atoms with Crippen LogP contribution in [0.2, 0.25) is 0 Å². The fourth-order valence-corrected chi connectivity index (χ4v) is 5.84. The van der Waals surface area contributed by atoms with Gasteiger partial charge in [0.1, 0.15) is 0 Å². The maximum atomic E-state index is 10.9. The number of aromatic nitrogens is 1. The van der Waals surface area contributed by atoms with E-state index in [1.54, 1.807) is 41.4 Å². The van der Waals surface area contributed by atoms with Gasteiger partial charge in [-0.15, -0.1) is 11.3 Å². The highest BCUT2D eigenvalue weighted by molar-refractivity contribution is 7.99. The molecule has 0 unspecified atom stereocenters. The first-order valence-electron chi connectivity index (χ1n) is 10.2. The SMILES string of the molecule is O=[N+]([O-])c1ccc(Sc2ccc(N3C(=S)N[C@@H](c4ccccn4)[C@H]3c3cccs3)cc2)cc1. The standard InChI is InChI=1S/C24H18N4O2S3/c29-28(30)17-8-12-19(13-9-17)33-18-10-6-16(7-11-18)27-23(21-5-3-15-32-21)22(26-24(27)31)20-4-1-2-14-25-20/h1-15,22-23H,(H,26,31)/t22-,23+/m0/s1. The van der Waals surface area contributed by atoms with E-state index in [0.29, 0.717) is 5.11 Å². The van der Waals surface area contributed by atoms with E-state index in [2.05, 4.69) is 44.8 Å². The lowest BCUT2D eigenvalue weighted by atomic mass is 10.0. The Labute approximate surface area is 204 Å². The molecule has 2 atom stereocenters. The Kier molecular flexibility index (Phi) is 6.08. The summed E-state index contributed by atoms with van der Waals surface area (Å²) in [6.45, 7) is 0. The first-order valence-corrected chi connectivity index (χ1v) is 12.3. The summed E-state index contributed by atoms with van der Waals surface area (Å²) in [7, 11) is 0. The van der Waals surface area contributed by atoms with Crippen molar-refractivity contribution >= 4 is 51.8 Å². The van der Waals surface area contributed by atoms with Gasteiger partial charge < -0.3 is 10.2 Å². The molecule has 3 heterocycles. The number of hydrogen-bond acceptors (Lipinski definition) is 6. The van der Waals surface area contributed by atoms with Crippen LogP contribution in [-0.2, 0) is 0 Å². The van der Waals surface area contributed by atoms with Gasteiger partial charge in [-0.3, -0.25) is 15.1 Å². The molecule has 9 heteroatoms. The van der Waals surface area contributed by atoms with E-state index < -0.39 is 4.92 Å². The molecule has 0 amide bonds. The number of nitrogens with one attached hydrogen (secondary N) is 1. The molecule has 1 saturated heterocycles. The largest absolute Gasteiger partial charge is 0.351 e. The first-order chi connectivity index (χ1) is 16.1. The molecule has 0 spiro atoms. The highest BCUT2D eigenvalue weighted by atomic mass is 32.2. The Morgan fingerprint density at radius 3 is 2.33 bits per heavy atom. The van der Waals surface area contributed by atoms with Crippen molar-refractivity contribution in [2.75, 3.05) is 4.90 Å². The van der Waals surface area contributed by atoms with Crippen molar-refractivity contribution in [2.24, 2.45) is 0 Å². The minimum absolute atomic E-state index is 0.000533. The topological polar surface area (TPSA) is 71.3 Å². The molecule has 1 aliphatic heterocycles. The number of rotatable bonds is 6. The van der Waals surface area contributed by atoms with Crippen molar-refractivity contribution < 1.29 is 4.92 Å². The third kappa shape index (κ3) is 4.47. The molecule has 0 aliphatic carbocycles. The zero-order valence-electron chi connectivity index (χ0n) is 17.2. The number of anilines is 1. The number of nitro benzene ring substituents is 1. The van der Waals surface area contributed by atoms with Crippen LogP contribution in [-0.4, -0.2) is 15.0 Å². The second-order valence-corrected chi connectivity index (χ2v) is 9.87. The smallest absolute Gasteiger partial charge is 0.269 e. The van der Waals surface area contributed by atoms with Crippen molar-refractivity contribution in [3.63, 3.8) is 0 Å². The summed E-state index contributed by atoms with van der Waals surface area (Å²) in [4.78, 5) is 20.4. The molecule has 164 valence electrons. The molecule has 0 bridgehead atoms. The summed E-state index contributed by atoms with van der Waals surface area (Å²) >= 11 is 9.02. The van der Waals surface area contributed by atoms with E-state index >= 15 is 0 Å². The number of nitro groups is 1. The zero-order chi connectivity index (χ0) is 22.8. The minimum Gasteiger partial charge on any atom is -0.351 e. The first kappa shape index (κ1) is 21.6. The quantitative estimate of drug-likeness (QED) is 0.191. The highest BCUT2D eigenvalue weighted by Gasteiger charge is 2.41. The van der Waals surface area contributed by atoms with Gasteiger partial charge in [-0.2, -0.15) is 0 Å². The summed E-state index contributed by atoms with van der Waals surface area (Å²) in [5, 5.41) is 17.1. The monoisotopic (exact) mass is 490 g/mol. The predicted molar refractivity (Wildman–Crippen MR) is 136 cm³/mol. The molecule has 0 radical (unpaired) electrons. The summed E-state index contributed by atoms with van der Waals surface area (Å²) in [5.74, 6) is 0. The van der Waals surface area contributed by atoms with Gasteiger partial charge in [-0.05, 0) is 72.2 Å². The molecular weight excluding hydrogens is 472 g/mol. The summed E-state index contributed by atoms with van der Waals surface area (Å²) in [6, 6.07) is 24.8. The molecule has 5 rings (SSSR count). The fraction of sp³-hybridized carbons (Fsp3) is 0.0833. The van der Waals surface area contributed by atoms with Gasteiger partial charge in [0, 0.05) is 38.7 Å². The number of thiophene rings is 1. The number of hydrogen-bond donors (Lipinski definition) is 1. The summed E-state index contributed by atoms with van der Waals surface area (Å²) in [6.07, 6.45) is 1.80. The lowest BCUT2D eigenvalue weighted by Crippen LogP contribution is -2.28. The van der Waals surface area contributed by atoms with Crippen LogP contribution in [0.3, 0.4) is 0 Å². The van der Waals surface area contributed by atoms with Crippen molar-refractivity contribution in [1.29, 1.82) is 0 Å². The molecule has 1 aliphatic rings. The normalized spacial score (nSPS) is 17.7. The molecule has 33 heavy (non-hydrogen) atoms. The van der Waals surface area contributed by atoms with Crippen LogP contribution in [0.4, 0.5) is 11.4 Å². The van der Waals surface area contributed by atoms with Gasteiger partial charge in [-0.1, -0.05) is 23.9 Å². The lowest BCUT2D eigenvalue weighted by Gasteiger charge is -2.27. The Balaban J connectivity index is 1.41. The molecule has 6 nitrogen and oxygen atoms in total. The van der Waals surface area contributed by atoms with Crippen LogP contribution in [0.1, 0.15) is 22.7 Å². The molecule has 0 saturated carbocycles. The van der Waals surface area contributed by atoms with E-state index in [1.807, 2.05) is 30.3 Å². The van der Waals surface area contributed by atoms with Crippen molar-refractivity contribution in [1.82, 2.24) is 10.3 Å². The van der Waals surface area contributed by atoms with Crippen molar-refractivity contribution in [3.8, 4) is 0 Å². The molecule has 1 N–H and O–H groups in total. The number of thiocarbonyl (C=S) groups is 1. The van der Waals surface area contributed by atoms with E-state index in [0.717, 1.165) is 21.2 Å². The van der Waals surface area contributed by atoms with Crippen molar-refractivity contribution in [2.45, 2.75) is 21.9 Å². The van der Waals surface area contributed by atoms with Crippen LogP contribution in [0, 0.1) is 10.1 Å². The Bertz CT molecular complexity index is 1260. The number of benzene rings is 2. The lowest BCUT2D eigenvalue weighted by molar-refractivity contribution is -0.384. The van der Waals surface area contributed by atoms with Gasteiger partial charge in [0.2, 0.25) is 0 Å². The minimum atomic E-state index is -0.390. The summed E-state index contributed by atoms with van der Waals surface area (Å²) in [5.41, 5.74) is 2.04. The maximum absolute atomic E-state index is 10.9. The molecule has 4 aromatic rings. The van der Waals surface area contributed by atoms with Gasteiger partial charge >= 0.3 is 0 Å². The van der Waals surface area contributed by atoms with Crippen LogP contribution in [0.15, 0.2) is 100 Å². The summed E-state index contributed by atoms with van der Waals surface area (Å²) < 4.78 is 0. The molecular formula is C24H18N4O2S3. The van der Waals surface area contributed by atoms with Gasteiger partial charge in [0.25, 0.3) is 5.69 Å². The predicted octanol–water partition coefficient (Wildman–Crippen LogP) is 6.38. The molecule has 2 aromatic carbocycles. The molecule has 1 fully saturated rings. The van der Waals surface area contributed by atoms with Gasteiger partial charge in [-0.25, -0.2) is 0 Å². The van der Waals surface area contributed by atoms with Crippen LogP contribution in [0.5, 0.6) is 0 Å². The maximum Gasteiger partial charge on any atom is 0.269 e.